The number of aliphatic hydroxyl groups excluding tert-OH is 1. The van der Waals surface area contributed by atoms with Crippen LogP contribution < -0.4 is 0 Å². The molecule has 9 nitrogen and oxygen atoms in total. The first kappa shape index (κ1) is 19.7. The van der Waals surface area contributed by atoms with Crippen LogP contribution in [0.4, 0.5) is 10.1 Å². The van der Waals surface area contributed by atoms with E-state index in [1.54, 1.807) is 0 Å². The minimum absolute atomic E-state index is 0.0229. The van der Waals surface area contributed by atoms with Gasteiger partial charge in [-0.1, -0.05) is 18.2 Å². The monoisotopic (exact) mass is 400 g/mol. The Balaban J connectivity index is 2.20. The molecule has 0 bridgehead atoms. The molecule has 2 aromatic rings. The summed E-state index contributed by atoms with van der Waals surface area (Å²) in [5.74, 6) is -5.31. The van der Waals surface area contributed by atoms with Crippen molar-refractivity contribution in [1.29, 1.82) is 0 Å². The zero-order valence-electron chi connectivity index (χ0n) is 14.6. The predicted octanol–water partition coefficient (Wildman–Crippen LogP) is 2.24. The van der Waals surface area contributed by atoms with Crippen LogP contribution >= 0.6 is 0 Å². The summed E-state index contributed by atoms with van der Waals surface area (Å²) >= 11 is 0. The first-order valence-electron chi connectivity index (χ1n) is 8.21. The number of carboxylic acids is 1. The van der Waals surface area contributed by atoms with Gasteiger partial charge in [0.05, 0.1) is 16.5 Å². The van der Waals surface area contributed by atoms with Gasteiger partial charge in [-0.05, 0) is 18.2 Å². The summed E-state index contributed by atoms with van der Waals surface area (Å²) in [6.45, 7) is -0.888. The Bertz CT molecular complexity index is 1060. The fourth-order valence-electron chi connectivity index (χ4n) is 3.11. The van der Waals surface area contributed by atoms with Crippen molar-refractivity contribution in [2.24, 2.45) is 0 Å². The number of carboxylic acid groups (broad SMARTS) is 1. The van der Waals surface area contributed by atoms with Crippen LogP contribution in [-0.4, -0.2) is 44.2 Å². The van der Waals surface area contributed by atoms with Crippen molar-refractivity contribution in [1.82, 2.24) is 4.90 Å². The number of carbonyl (C=O) groups is 3. The average molecular weight is 400 g/mol. The summed E-state index contributed by atoms with van der Waals surface area (Å²) in [6.07, 6.45) is 0. The molecule has 2 aromatic carbocycles. The summed E-state index contributed by atoms with van der Waals surface area (Å²) in [7, 11) is 0. The van der Waals surface area contributed by atoms with Gasteiger partial charge in [0.25, 0.3) is 17.4 Å². The largest absolute Gasteiger partial charge is 0.507 e. The quantitative estimate of drug-likeness (QED) is 0.258. The number of aliphatic carboxylic acids is 1. The van der Waals surface area contributed by atoms with Gasteiger partial charge in [0.2, 0.25) is 0 Å². The molecule has 1 aliphatic heterocycles. The van der Waals surface area contributed by atoms with Gasteiger partial charge >= 0.3 is 5.97 Å². The number of aliphatic hydroxyl groups is 1. The predicted molar refractivity (Wildman–Crippen MR) is 96.1 cm³/mol. The molecule has 1 atom stereocenters. The Morgan fingerprint density at radius 1 is 1.10 bits per heavy atom. The van der Waals surface area contributed by atoms with Crippen molar-refractivity contribution in [3.8, 4) is 0 Å². The Labute approximate surface area is 162 Å². The molecular weight excluding hydrogens is 387 g/mol. The fourth-order valence-corrected chi connectivity index (χ4v) is 3.11. The van der Waals surface area contributed by atoms with E-state index in [-0.39, 0.29) is 16.8 Å². The first-order valence-corrected chi connectivity index (χ1v) is 8.21. The number of Topliss-reactive ketones (excluding diaryl/α,β-unsaturated/α-hetero) is 1. The molecule has 1 amide bonds. The SMILES string of the molecule is O=C(O)CN1C(=O)C(=O)C(=C(O)c2ccc([N+](=O)[O-])cc2)C1c1ccccc1F. The lowest BCUT2D eigenvalue weighted by molar-refractivity contribution is -0.384. The van der Waals surface area contributed by atoms with E-state index >= 15 is 0 Å². The van der Waals surface area contributed by atoms with Crippen molar-refractivity contribution < 1.29 is 33.9 Å². The molecule has 10 heteroatoms. The average Bonchev–Trinajstić information content (AvgIpc) is 2.92. The Morgan fingerprint density at radius 3 is 2.28 bits per heavy atom. The second-order valence-electron chi connectivity index (χ2n) is 6.15. The van der Waals surface area contributed by atoms with Crippen LogP contribution in [0.3, 0.4) is 0 Å². The third kappa shape index (κ3) is 3.55. The first-order chi connectivity index (χ1) is 13.7. The standard InChI is InChI=1S/C19H13FN2O7/c20-13-4-2-1-3-12(13)16-15(18(26)19(27)21(16)9-14(23)24)17(25)10-5-7-11(8-6-10)22(28)29/h1-8,16,25H,9H2,(H,23,24). The van der Waals surface area contributed by atoms with E-state index in [0.29, 0.717) is 4.90 Å². The minimum atomic E-state index is -1.47. The molecule has 148 valence electrons. The van der Waals surface area contributed by atoms with E-state index in [2.05, 4.69) is 0 Å². The number of nitro groups is 1. The lowest BCUT2D eigenvalue weighted by Crippen LogP contribution is -2.34. The van der Waals surface area contributed by atoms with Gasteiger partial charge in [-0.3, -0.25) is 24.5 Å². The highest BCUT2D eigenvalue weighted by molar-refractivity contribution is 6.46. The molecule has 3 rings (SSSR count). The molecule has 29 heavy (non-hydrogen) atoms. The summed E-state index contributed by atoms with van der Waals surface area (Å²) in [4.78, 5) is 46.9. The van der Waals surface area contributed by atoms with Gasteiger partial charge in [0.1, 0.15) is 18.1 Å². The second-order valence-corrected chi connectivity index (χ2v) is 6.15. The number of nitrogens with zero attached hydrogens (tertiary/aromatic N) is 2. The third-order valence-electron chi connectivity index (χ3n) is 4.40. The molecule has 1 aliphatic rings. The lowest BCUT2D eigenvalue weighted by Gasteiger charge is -2.24. The summed E-state index contributed by atoms with van der Waals surface area (Å²) in [5, 5.41) is 30.5. The van der Waals surface area contributed by atoms with Gasteiger partial charge < -0.3 is 15.1 Å². The van der Waals surface area contributed by atoms with Crippen LogP contribution in [0, 0.1) is 15.9 Å². The molecule has 1 fully saturated rings. The number of carbonyl (C=O) groups excluding carboxylic acids is 2. The highest BCUT2D eigenvalue weighted by Gasteiger charge is 2.47. The number of hydrogen-bond donors (Lipinski definition) is 2. The van der Waals surface area contributed by atoms with Gasteiger partial charge in [0.15, 0.2) is 0 Å². The molecule has 2 N–H and O–H groups in total. The summed E-state index contributed by atoms with van der Waals surface area (Å²) in [6, 6.07) is 8.17. The molecule has 1 saturated heterocycles. The van der Waals surface area contributed by atoms with Crippen molar-refractivity contribution >= 4 is 29.1 Å². The molecule has 0 saturated carbocycles. The maximum absolute atomic E-state index is 14.4. The van der Waals surface area contributed by atoms with Crippen LogP contribution in [0.15, 0.2) is 54.1 Å². The minimum Gasteiger partial charge on any atom is -0.507 e. The number of benzene rings is 2. The van der Waals surface area contributed by atoms with Crippen LogP contribution in [0.2, 0.25) is 0 Å². The van der Waals surface area contributed by atoms with E-state index in [4.69, 9.17) is 5.11 Å². The molecule has 0 spiro atoms. The van der Waals surface area contributed by atoms with Crippen LogP contribution in [0.5, 0.6) is 0 Å². The Hall–Kier alpha value is -4.08. The van der Waals surface area contributed by atoms with Crippen LogP contribution in [0.25, 0.3) is 5.76 Å². The Morgan fingerprint density at radius 2 is 1.72 bits per heavy atom. The number of halogens is 1. The zero-order chi connectivity index (χ0) is 21.3. The topological polar surface area (TPSA) is 138 Å². The molecule has 0 aliphatic carbocycles. The van der Waals surface area contributed by atoms with Gasteiger partial charge in [0, 0.05) is 23.3 Å². The van der Waals surface area contributed by atoms with E-state index < -0.39 is 52.3 Å². The van der Waals surface area contributed by atoms with E-state index in [0.717, 1.165) is 30.3 Å². The normalized spacial score (nSPS) is 18.1. The maximum atomic E-state index is 14.4. The molecule has 0 radical (unpaired) electrons. The maximum Gasteiger partial charge on any atom is 0.323 e. The molecule has 1 unspecified atom stereocenters. The van der Waals surface area contributed by atoms with Crippen LogP contribution in [0.1, 0.15) is 17.2 Å². The summed E-state index contributed by atoms with van der Waals surface area (Å²) < 4.78 is 14.4. The van der Waals surface area contributed by atoms with Crippen molar-refractivity contribution in [3.05, 3.63) is 81.2 Å². The molecule has 1 heterocycles. The molecular formula is C19H13FN2O7. The third-order valence-corrected chi connectivity index (χ3v) is 4.40. The number of likely N-dealkylation sites (tertiary alicyclic amines) is 1. The number of nitro benzene ring substituents is 1. The van der Waals surface area contributed by atoms with E-state index in [9.17, 15) is 34.0 Å². The van der Waals surface area contributed by atoms with E-state index in [1.807, 2.05) is 0 Å². The second kappa shape index (κ2) is 7.50. The van der Waals surface area contributed by atoms with E-state index in [1.165, 1.54) is 18.2 Å². The number of rotatable bonds is 5. The zero-order valence-corrected chi connectivity index (χ0v) is 14.6. The molecule has 0 aromatic heterocycles. The number of hydrogen-bond acceptors (Lipinski definition) is 6. The fraction of sp³-hybridized carbons (Fsp3) is 0.105. The van der Waals surface area contributed by atoms with Crippen molar-refractivity contribution in [2.75, 3.05) is 6.54 Å². The Kier molecular flexibility index (Phi) is 5.09. The highest BCUT2D eigenvalue weighted by atomic mass is 19.1. The summed E-state index contributed by atoms with van der Waals surface area (Å²) in [5.41, 5.74) is -0.963. The van der Waals surface area contributed by atoms with Crippen molar-refractivity contribution in [3.63, 3.8) is 0 Å². The number of non-ortho nitro benzene ring substituents is 1. The van der Waals surface area contributed by atoms with Crippen LogP contribution in [-0.2, 0) is 14.4 Å². The number of amides is 1. The van der Waals surface area contributed by atoms with Gasteiger partial charge in [-0.2, -0.15) is 0 Å². The smallest absolute Gasteiger partial charge is 0.323 e. The highest BCUT2D eigenvalue weighted by Crippen LogP contribution is 2.40. The van der Waals surface area contributed by atoms with Gasteiger partial charge in [-0.25, -0.2) is 4.39 Å². The van der Waals surface area contributed by atoms with Crippen molar-refractivity contribution in [2.45, 2.75) is 6.04 Å². The lowest BCUT2D eigenvalue weighted by atomic mass is 9.95. The number of ketones is 1. The van der Waals surface area contributed by atoms with Gasteiger partial charge in [-0.15, -0.1) is 0 Å².